The van der Waals surface area contributed by atoms with Gasteiger partial charge in [0.15, 0.2) is 0 Å². The number of likely N-dealkylation sites (tertiary alicyclic amines) is 1. The first-order valence-corrected chi connectivity index (χ1v) is 8.14. The molecule has 1 aliphatic carbocycles. The highest BCUT2D eigenvalue weighted by molar-refractivity contribution is 5.95. The van der Waals surface area contributed by atoms with Crippen LogP contribution in [0.1, 0.15) is 52.4 Å². The zero-order valence-corrected chi connectivity index (χ0v) is 13.0. The minimum atomic E-state index is 0.168. The molecule has 1 aromatic heterocycles. The third-order valence-electron chi connectivity index (χ3n) is 4.97. The predicted molar refractivity (Wildman–Crippen MR) is 84.7 cm³/mol. The fourth-order valence-corrected chi connectivity index (χ4v) is 3.84. The van der Waals surface area contributed by atoms with Crippen molar-refractivity contribution in [2.24, 2.45) is 7.05 Å². The van der Waals surface area contributed by atoms with Crippen molar-refractivity contribution in [1.82, 2.24) is 14.7 Å². The maximum absolute atomic E-state index is 12.9. The summed E-state index contributed by atoms with van der Waals surface area (Å²) in [5.74, 6) is 0.168. The molecule has 0 radical (unpaired) electrons. The fourth-order valence-electron chi connectivity index (χ4n) is 3.84. The van der Waals surface area contributed by atoms with E-state index in [2.05, 4.69) is 17.2 Å². The molecule has 114 valence electrons. The van der Waals surface area contributed by atoms with Crippen LogP contribution in [0.25, 0.3) is 0 Å². The smallest absolute Gasteiger partial charge is 0.254 e. The largest absolute Gasteiger partial charge is 0.331 e. The highest BCUT2D eigenvalue weighted by Crippen LogP contribution is 2.33. The number of aryl methyl sites for hydroxylation is 3. The molecular formula is C18H21N3O. The molecule has 0 unspecified atom stereocenters. The molecule has 1 amide bonds. The molecule has 2 aromatic rings. The van der Waals surface area contributed by atoms with Crippen molar-refractivity contribution in [2.75, 3.05) is 6.54 Å². The van der Waals surface area contributed by atoms with Crippen molar-refractivity contribution in [3.05, 3.63) is 52.8 Å². The first-order chi connectivity index (χ1) is 10.7. The number of rotatable bonds is 2. The van der Waals surface area contributed by atoms with E-state index in [1.807, 2.05) is 35.1 Å². The van der Waals surface area contributed by atoms with Gasteiger partial charge in [-0.3, -0.25) is 9.48 Å². The van der Waals surface area contributed by atoms with E-state index in [9.17, 15) is 4.79 Å². The van der Waals surface area contributed by atoms with E-state index in [1.165, 1.54) is 17.5 Å². The van der Waals surface area contributed by atoms with Crippen molar-refractivity contribution in [2.45, 2.75) is 38.1 Å². The van der Waals surface area contributed by atoms with Crippen molar-refractivity contribution < 1.29 is 4.79 Å². The van der Waals surface area contributed by atoms with Crippen molar-refractivity contribution in [1.29, 1.82) is 0 Å². The van der Waals surface area contributed by atoms with Gasteiger partial charge in [0.25, 0.3) is 5.91 Å². The maximum Gasteiger partial charge on any atom is 0.254 e. The highest BCUT2D eigenvalue weighted by atomic mass is 16.2. The molecule has 0 N–H and O–H groups in total. The molecule has 1 saturated heterocycles. The lowest BCUT2D eigenvalue weighted by Crippen LogP contribution is -2.30. The van der Waals surface area contributed by atoms with Crippen LogP contribution in [-0.4, -0.2) is 27.1 Å². The highest BCUT2D eigenvalue weighted by Gasteiger charge is 2.31. The summed E-state index contributed by atoms with van der Waals surface area (Å²) in [6.07, 6.45) is 9.50. The Morgan fingerprint density at radius 1 is 1.23 bits per heavy atom. The molecule has 2 aliphatic rings. The second kappa shape index (κ2) is 5.27. The van der Waals surface area contributed by atoms with Crippen LogP contribution in [0.3, 0.4) is 0 Å². The molecule has 1 aromatic carbocycles. The van der Waals surface area contributed by atoms with Gasteiger partial charge in [0.05, 0.1) is 12.2 Å². The molecule has 22 heavy (non-hydrogen) atoms. The topological polar surface area (TPSA) is 38.1 Å². The normalized spacial score (nSPS) is 20.4. The lowest BCUT2D eigenvalue weighted by Gasteiger charge is -2.24. The summed E-state index contributed by atoms with van der Waals surface area (Å²) < 4.78 is 1.81. The summed E-state index contributed by atoms with van der Waals surface area (Å²) in [6, 6.07) is 6.44. The minimum absolute atomic E-state index is 0.168. The third-order valence-corrected chi connectivity index (χ3v) is 4.97. The van der Waals surface area contributed by atoms with Crippen LogP contribution in [0.15, 0.2) is 30.6 Å². The molecule has 1 atom stereocenters. The van der Waals surface area contributed by atoms with Gasteiger partial charge in [-0.05, 0) is 55.4 Å². The summed E-state index contributed by atoms with van der Waals surface area (Å²) in [4.78, 5) is 15.0. The van der Waals surface area contributed by atoms with Crippen LogP contribution >= 0.6 is 0 Å². The quantitative estimate of drug-likeness (QED) is 0.854. The third kappa shape index (κ3) is 2.23. The van der Waals surface area contributed by atoms with Gasteiger partial charge >= 0.3 is 0 Å². The van der Waals surface area contributed by atoms with E-state index < -0.39 is 0 Å². The number of fused-ring (bicyclic) bond motifs is 1. The summed E-state index contributed by atoms with van der Waals surface area (Å²) in [5, 5.41) is 4.25. The zero-order chi connectivity index (χ0) is 15.1. The molecule has 4 heteroatoms. The number of benzene rings is 1. The van der Waals surface area contributed by atoms with Gasteiger partial charge < -0.3 is 4.90 Å². The average molecular weight is 295 g/mol. The van der Waals surface area contributed by atoms with Crippen LogP contribution in [-0.2, 0) is 19.9 Å². The molecule has 2 heterocycles. The molecule has 0 spiro atoms. The molecule has 0 bridgehead atoms. The molecule has 1 aliphatic heterocycles. The number of hydrogen-bond donors (Lipinski definition) is 0. The van der Waals surface area contributed by atoms with E-state index in [-0.39, 0.29) is 11.9 Å². The van der Waals surface area contributed by atoms with Gasteiger partial charge in [-0.25, -0.2) is 0 Å². The Balaban J connectivity index is 1.61. The van der Waals surface area contributed by atoms with E-state index in [0.29, 0.717) is 0 Å². The average Bonchev–Trinajstić information content (AvgIpc) is 3.25. The van der Waals surface area contributed by atoms with E-state index in [0.717, 1.165) is 43.4 Å². The van der Waals surface area contributed by atoms with Crippen LogP contribution in [0.4, 0.5) is 0 Å². The number of hydrogen-bond acceptors (Lipinski definition) is 2. The van der Waals surface area contributed by atoms with Gasteiger partial charge in [0, 0.05) is 30.9 Å². The lowest BCUT2D eigenvalue weighted by atomic mass is 10.0. The summed E-state index contributed by atoms with van der Waals surface area (Å²) in [5.41, 5.74) is 4.77. The van der Waals surface area contributed by atoms with Crippen LogP contribution < -0.4 is 0 Å². The first-order valence-electron chi connectivity index (χ1n) is 8.14. The lowest BCUT2D eigenvalue weighted by molar-refractivity contribution is 0.0735. The minimum Gasteiger partial charge on any atom is -0.331 e. The van der Waals surface area contributed by atoms with Crippen LogP contribution in [0, 0.1) is 0 Å². The SMILES string of the molecule is Cn1cc([C@@H]2CCCN2C(=O)c2ccc3c(c2)CCC3)cn1. The molecule has 4 rings (SSSR count). The molecule has 4 nitrogen and oxygen atoms in total. The Kier molecular flexibility index (Phi) is 3.25. The van der Waals surface area contributed by atoms with E-state index in [4.69, 9.17) is 0 Å². The summed E-state index contributed by atoms with van der Waals surface area (Å²) in [7, 11) is 1.92. The Bertz CT molecular complexity index is 719. The second-order valence-electron chi connectivity index (χ2n) is 6.44. The van der Waals surface area contributed by atoms with Crippen molar-refractivity contribution in [3.63, 3.8) is 0 Å². The van der Waals surface area contributed by atoms with Crippen molar-refractivity contribution >= 4 is 5.91 Å². The van der Waals surface area contributed by atoms with Crippen LogP contribution in [0.2, 0.25) is 0 Å². The van der Waals surface area contributed by atoms with Crippen LogP contribution in [0.5, 0.6) is 0 Å². The second-order valence-corrected chi connectivity index (χ2v) is 6.44. The monoisotopic (exact) mass is 295 g/mol. The summed E-state index contributed by atoms with van der Waals surface area (Å²) >= 11 is 0. The van der Waals surface area contributed by atoms with E-state index >= 15 is 0 Å². The molecule has 0 saturated carbocycles. The number of carbonyl (C=O) groups is 1. The first kappa shape index (κ1) is 13.6. The number of amides is 1. The predicted octanol–water partition coefficient (Wildman–Crippen LogP) is 2.89. The zero-order valence-electron chi connectivity index (χ0n) is 13.0. The Morgan fingerprint density at radius 2 is 2.09 bits per heavy atom. The van der Waals surface area contributed by atoms with E-state index in [1.54, 1.807) is 0 Å². The Morgan fingerprint density at radius 3 is 2.91 bits per heavy atom. The summed E-state index contributed by atoms with van der Waals surface area (Å²) in [6.45, 7) is 0.843. The molecular weight excluding hydrogens is 274 g/mol. The standard InChI is InChI=1S/C18H21N3O/c1-20-12-16(11-19-20)17-6-3-9-21(17)18(22)15-8-7-13-4-2-5-14(13)10-15/h7-8,10-12,17H,2-6,9H2,1H3/t17-/m0/s1. The number of nitrogens with zero attached hydrogens (tertiary/aromatic N) is 3. The van der Waals surface area contributed by atoms with Gasteiger partial charge in [-0.1, -0.05) is 6.07 Å². The van der Waals surface area contributed by atoms with Gasteiger partial charge in [-0.15, -0.1) is 0 Å². The number of carbonyl (C=O) groups excluding carboxylic acids is 1. The maximum atomic E-state index is 12.9. The van der Waals surface area contributed by atoms with Gasteiger partial charge in [0.1, 0.15) is 0 Å². The van der Waals surface area contributed by atoms with Gasteiger partial charge in [0.2, 0.25) is 0 Å². The number of aromatic nitrogens is 2. The van der Waals surface area contributed by atoms with Crippen molar-refractivity contribution in [3.8, 4) is 0 Å². The Labute approximate surface area is 130 Å². The molecule has 1 fully saturated rings. The van der Waals surface area contributed by atoms with Gasteiger partial charge in [-0.2, -0.15) is 5.10 Å². The fraction of sp³-hybridized carbons (Fsp3) is 0.444. The Hall–Kier alpha value is -2.10.